The van der Waals surface area contributed by atoms with E-state index in [1.807, 2.05) is 4.98 Å². The number of hydrogen-bond donors (Lipinski definition) is 1. The Kier molecular flexibility index (Phi) is 2.71. The van der Waals surface area contributed by atoms with E-state index in [9.17, 15) is 26.4 Å². The van der Waals surface area contributed by atoms with E-state index < -0.39 is 27.1 Å². The molecule has 1 N–H and O–H groups in total. The van der Waals surface area contributed by atoms with Gasteiger partial charge < -0.3 is 9.17 Å². The summed E-state index contributed by atoms with van der Waals surface area (Å²) < 4.78 is 59.8. The van der Waals surface area contributed by atoms with Crippen LogP contribution in [-0.4, -0.2) is 23.9 Å². The molecular formula is C5H3F3N2O4S. The van der Waals surface area contributed by atoms with Gasteiger partial charge >= 0.3 is 21.2 Å². The van der Waals surface area contributed by atoms with Gasteiger partial charge in [0.25, 0.3) is 5.88 Å². The van der Waals surface area contributed by atoms with Gasteiger partial charge in [0.05, 0.1) is 0 Å². The Balaban J connectivity index is 3.09. The van der Waals surface area contributed by atoms with Crippen molar-refractivity contribution in [3.05, 3.63) is 22.7 Å². The summed E-state index contributed by atoms with van der Waals surface area (Å²) in [6.07, 6.45) is 1.89. The molecule has 1 heterocycles. The van der Waals surface area contributed by atoms with Crippen LogP contribution < -0.4 is 9.74 Å². The van der Waals surface area contributed by atoms with Gasteiger partial charge in [0.1, 0.15) is 0 Å². The van der Waals surface area contributed by atoms with Crippen LogP contribution in [0.2, 0.25) is 0 Å². The molecular weight excluding hydrogens is 241 g/mol. The smallest absolute Gasteiger partial charge is 0.349 e. The number of aromatic nitrogens is 2. The molecule has 0 atom stereocenters. The molecule has 0 saturated carbocycles. The third-order valence-electron chi connectivity index (χ3n) is 1.15. The largest absolute Gasteiger partial charge is 0.534 e. The monoisotopic (exact) mass is 244 g/mol. The number of nitrogens with one attached hydrogen (secondary N) is 1. The van der Waals surface area contributed by atoms with Crippen molar-refractivity contribution in [3.63, 3.8) is 0 Å². The lowest BCUT2D eigenvalue weighted by Gasteiger charge is -2.06. The number of halogens is 3. The van der Waals surface area contributed by atoms with Crippen molar-refractivity contribution >= 4 is 10.1 Å². The van der Waals surface area contributed by atoms with E-state index in [2.05, 4.69) is 9.17 Å². The maximum absolute atomic E-state index is 11.8. The Morgan fingerprint density at radius 3 is 2.47 bits per heavy atom. The fourth-order valence-electron chi connectivity index (χ4n) is 0.549. The molecule has 0 radical (unpaired) electrons. The topological polar surface area (TPSA) is 89.1 Å². The van der Waals surface area contributed by atoms with Crippen molar-refractivity contribution < 1.29 is 25.8 Å². The summed E-state index contributed by atoms with van der Waals surface area (Å²) in [6, 6.07) is 0. The van der Waals surface area contributed by atoms with Gasteiger partial charge in [-0.3, -0.25) is 4.79 Å². The van der Waals surface area contributed by atoms with Crippen LogP contribution in [0, 0.1) is 0 Å². The first-order chi connectivity index (χ1) is 6.74. The van der Waals surface area contributed by atoms with Crippen LogP contribution >= 0.6 is 0 Å². The Labute approximate surface area is 80.8 Å². The van der Waals surface area contributed by atoms with Crippen molar-refractivity contribution in [2.75, 3.05) is 0 Å². The van der Waals surface area contributed by atoms with Gasteiger partial charge in [-0.2, -0.15) is 21.6 Å². The van der Waals surface area contributed by atoms with E-state index >= 15 is 0 Å². The molecule has 1 aromatic rings. The summed E-state index contributed by atoms with van der Waals surface area (Å²) in [6.45, 7) is 0. The van der Waals surface area contributed by atoms with Gasteiger partial charge in [-0.1, -0.05) is 0 Å². The van der Waals surface area contributed by atoms with Crippen LogP contribution in [0.3, 0.4) is 0 Å². The van der Waals surface area contributed by atoms with E-state index in [1.165, 1.54) is 0 Å². The molecule has 1 rings (SSSR count). The van der Waals surface area contributed by atoms with Gasteiger partial charge in [0.2, 0.25) is 0 Å². The quantitative estimate of drug-likeness (QED) is 0.584. The van der Waals surface area contributed by atoms with E-state index in [0.717, 1.165) is 12.4 Å². The van der Waals surface area contributed by atoms with E-state index in [4.69, 9.17) is 0 Å². The Morgan fingerprint density at radius 1 is 1.40 bits per heavy atom. The Bertz CT molecular complexity index is 505. The van der Waals surface area contributed by atoms with Crippen LogP contribution in [0.1, 0.15) is 0 Å². The fourth-order valence-corrected chi connectivity index (χ4v) is 0.970. The van der Waals surface area contributed by atoms with Crippen LogP contribution in [-0.2, 0) is 10.1 Å². The second-order valence-corrected chi connectivity index (χ2v) is 3.74. The summed E-state index contributed by atoms with van der Waals surface area (Å²) >= 11 is 0. The zero-order valence-corrected chi connectivity index (χ0v) is 7.59. The third kappa shape index (κ3) is 2.46. The van der Waals surface area contributed by atoms with Crippen LogP contribution in [0.25, 0.3) is 0 Å². The number of alkyl halides is 3. The van der Waals surface area contributed by atoms with Gasteiger partial charge in [-0.25, -0.2) is 4.98 Å². The molecule has 0 aromatic carbocycles. The zero-order valence-electron chi connectivity index (χ0n) is 6.78. The standard InChI is InChI=1S/C5H3F3N2O4S/c6-5(7,8)15(12,13)14-4-3(11)9-1-2-10-4/h1-2H,(H,9,11). The molecule has 0 aliphatic rings. The molecule has 10 heteroatoms. The highest BCUT2D eigenvalue weighted by atomic mass is 32.2. The molecule has 0 fully saturated rings. The predicted octanol–water partition coefficient (Wildman–Crippen LogP) is -0.00170. The van der Waals surface area contributed by atoms with Crippen molar-refractivity contribution in [1.82, 2.24) is 9.97 Å². The molecule has 0 aliphatic heterocycles. The maximum Gasteiger partial charge on any atom is 0.534 e. The van der Waals surface area contributed by atoms with Gasteiger partial charge in [0, 0.05) is 12.4 Å². The molecule has 15 heavy (non-hydrogen) atoms. The molecule has 0 spiro atoms. The number of aromatic amines is 1. The predicted molar refractivity (Wildman–Crippen MR) is 40.5 cm³/mol. The van der Waals surface area contributed by atoms with Crippen molar-refractivity contribution in [2.24, 2.45) is 0 Å². The van der Waals surface area contributed by atoms with E-state index in [0.29, 0.717) is 0 Å². The second kappa shape index (κ2) is 3.53. The van der Waals surface area contributed by atoms with Crippen LogP contribution in [0.15, 0.2) is 17.2 Å². The normalized spacial score (nSPS) is 12.5. The summed E-state index contributed by atoms with van der Waals surface area (Å²) in [5.74, 6) is -1.19. The molecule has 0 bridgehead atoms. The molecule has 0 saturated heterocycles. The molecule has 0 unspecified atom stereocenters. The first-order valence-electron chi connectivity index (χ1n) is 3.28. The lowest BCUT2D eigenvalue weighted by Crippen LogP contribution is -2.30. The fraction of sp³-hybridized carbons (Fsp3) is 0.200. The highest BCUT2D eigenvalue weighted by Crippen LogP contribution is 2.24. The molecule has 6 nitrogen and oxygen atoms in total. The number of rotatable bonds is 2. The SMILES string of the molecule is O=c1[nH]ccnc1OS(=O)(=O)C(F)(F)F. The average Bonchev–Trinajstić information content (AvgIpc) is 2.06. The number of hydrogen-bond acceptors (Lipinski definition) is 5. The van der Waals surface area contributed by atoms with Gasteiger partial charge in [0.15, 0.2) is 0 Å². The van der Waals surface area contributed by atoms with Crippen LogP contribution in [0.4, 0.5) is 13.2 Å². The zero-order chi connectivity index (χ0) is 11.7. The minimum absolute atomic E-state index is 0.878. The third-order valence-corrected chi connectivity index (χ3v) is 2.09. The Morgan fingerprint density at radius 2 is 2.00 bits per heavy atom. The summed E-state index contributed by atoms with van der Waals surface area (Å²) in [7, 11) is -5.86. The van der Waals surface area contributed by atoms with Crippen molar-refractivity contribution in [2.45, 2.75) is 5.51 Å². The van der Waals surface area contributed by atoms with Crippen LogP contribution in [0.5, 0.6) is 5.88 Å². The number of H-pyrrole nitrogens is 1. The molecule has 1 aromatic heterocycles. The average molecular weight is 244 g/mol. The lowest BCUT2D eigenvalue weighted by atomic mass is 10.7. The summed E-state index contributed by atoms with van der Waals surface area (Å²) in [5.41, 5.74) is -6.78. The number of nitrogens with zero attached hydrogens (tertiary/aromatic N) is 1. The molecule has 84 valence electrons. The maximum atomic E-state index is 11.8. The molecule has 0 amide bonds. The highest BCUT2D eigenvalue weighted by molar-refractivity contribution is 7.87. The van der Waals surface area contributed by atoms with E-state index in [1.54, 1.807) is 0 Å². The van der Waals surface area contributed by atoms with Crippen molar-refractivity contribution in [1.29, 1.82) is 0 Å². The highest BCUT2D eigenvalue weighted by Gasteiger charge is 2.49. The molecule has 0 aliphatic carbocycles. The minimum Gasteiger partial charge on any atom is -0.349 e. The second-order valence-electron chi connectivity index (χ2n) is 2.21. The van der Waals surface area contributed by atoms with Gasteiger partial charge in [-0.15, -0.1) is 0 Å². The minimum atomic E-state index is -5.86. The summed E-state index contributed by atoms with van der Waals surface area (Å²) in [5, 5.41) is 0. The first-order valence-corrected chi connectivity index (χ1v) is 4.69. The van der Waals surface area contributed by atoms with Gasteiger partial charge in [-0.05, 0) is 0 Å². The summed E-state index contributed by atoms with van der Waals surface area (Å²) in [4.78, 5) is 15.7. The van der Waals surface area contributed by atoms with E-state index in [-0.39, 0.29) is 0 Å². The lowest BCUT2D eigenvalue weighted by molar-refractivity contribution is -0.0501. The Hall–Kier alpha value is -1.58. The van der Waals surface area contributed by atoms with Crippen molar-refractivity contribution in [3.8, 4) is 5.88 Å². The first kappa shape index (κ1) is 11.5.